The molecule has 0 aliphatic heterocycles. The van der Waals surface area contributed by atoms with Crippen LogP contribution in [0.2, 0.25) is 0 Å². The molecule has 22 heavy (non-hydrogen) atoms. The summed E-state index contributed by atoms with van der Waals surface area (Å²) in [7, 11) is -3.68. The first-order valence-corrected chi connectivity index (χ1v) is 8.16. The van der Waals surface area contributed by atoms with Gasteiger partial charge in [0.25, 0.3) is 0 Å². The van der Waals surface area contributed by atoms with Crippen molar-refractivity contribution in [3.05, 3.63) is 78.4 Å². The summed E-state index contributed by atoms with van der Waals surface area (Å²) in [5.74, 6) is 0.223. The Hall–Kier alpha value is -1.33. The van der Waals surface area contributed by atoms with Gasteiger partial charge in [0.15, 0.2) is 0 Å². The van der Waals surface area contributed by atoms with Gasteiger partial charge in [0.2, 0.25) is 0 Å². The standard InChI is InChI=1S/C17H14O3S.Na.H/c18-21(19,13-14-7-2-1-3-8-14)20-17-12-6-10-15-9-4-5-11-16(15)17;;/h1-12H,13H2;;/q;+1;-1. The Balaban J connectivity index is 0.00000132. The molecule has 0 atom stereocenters. The molecule has 3 nitrogen and oxygen atoms in total. The van der Waals surface area contributed by atoms with E-state index in [1.807, 2.05) is 48.5 Å². The summed E-state index contributed by atoms with van der Waals surface area (Å²) in [5, 5.41) is 1.74. The van der Waals surface area contributed by atoms with Crippen molar-refractivity contribution >= 4 is 20.9 Å². The summed E-state index contributed by atoms with van der Waals surface area (Å²) in [6, 6.07) is 21.9. The maximum Gasteiger partial charge on any atom is 1.00 e. The van der Waals surface area contributed by atoms with Crippen LogP contribution in [-0.4, -0.2) is 8.42 Å². The number of rotatable bonds is 4. The minimum atomic E-state index is -3.68. The zero-order valence-electron chi connectivity index (χ0n) is 13.3. The zero-order valence-corrected chi connectivity index (χ0v) is 15.1. The van der Waals surface area contributed by atoms with Crippen molar-refractivity contribution in [2.45, 2.75) is 5.75 Å². The van der Waals surface area contributed by atoms with Gasteiger partial charge in [0.1, 0.15) is 11.5 Å². The molecule has 0 aliphatic carbocycles. The van der Waals surface area contributed by atoms with E-state index in [2.05, 4.69) is 0 Å². The van der Waals surface area contributed by atoms with E-state index in [9.17, 15) is 8.42 Å². The average molecular weight is 322 g/mol. The largest absolute Gasteiger partial charge is 1.00 e. The first kappa shape index (κ1) is 17.0. The Morgan fingerprint density at radius 2 is 1.45 bits per heavy atom. The van der Waals surface area contributed by atoms with Crippen LogP contribution in [0.15, 0.2) is 72.8 Å². The van der Waals surface area contributed by atoms with Crippen LogP contribution in [0.3, 0.4) is 0 Å². The second kappa shape index (κ2) is 7.29. The minimum absolute atomic E-state index is 0. The first-order valence-electron chi connectivity index (χ1n) is 6.58. The second-order valence-corrected chi connectivity index (χ2v) is 6.32. The number of benzene rings is 3. The van der Waals surface area contributed by atoms with Gasteiger partial charge in [-0.2, -0.15) is 8.42 Å². The van der Waals surface area contributed by atoms with Crippen molar-refractivity contribution in [2.75, 3.05) is 0 Å². The van der Waals surface area contributed by atoms with Crippen molar-refractivity contribution in [3.63, 3.8) is 0 Å². The third-order valence-corrected chi connectivity index (χ3v) is 4.27. The molecule has 5 heteroatoms. The molecule has 0 fully saturated rings. The fraction of sp³-hybridized carbons (Fsp3) is 0.0588. The summed E-state index contributed by atoms with van der Waals surface area (Å²) < 4.78 is 29.7. The van der Waals surface area contributed by atoms with Gasteiger partial charge in [-0.1, -0.05) is 66.7 Å². The Morgan fingerprint density at radius 3 is 2.23 bits per heavy atom. The quantitative estimate of drug-likeness (QED) is 0.529. The molecule has 0 aromatic heterocycles. The summed E-state index contributed by atoms with van der Waals surface area (Å²) in [6.07, 6.45) is 0. The Bertz CT molecular complexity index is 862. The van der Waals surface area contributed by atoms with E-state index in [0.29, 0.717) is 11.3 Å². The molecule has 0 radical (unpaired) electrons. The molecule has 3 aromatic carbocycles. The molecule has 0 unspecified atom stereocenters. The molecule has 108 valence electrons. The summed E-state index contributed by atoms with van der Waals surface area (Å²) in [6.45, 7) is 0. The third kappa shape index (κ3) is 4.11. The van der Waals surface area contributed by atoms with E-state index < -0.39 is 10.1 Å². The molecule has 0 heterocycles. The molecule has 0 aliphatic rings. The van der Waals surface area contributed by atoms with E-state index in [1.165, 1.54) is 0 Å². The van der Waals surface area contributed by atoms with Gasteiger partial charge in [0, 0.05) is 5.39 Å². The van der Waals surface area contributed by atoms with Gasteiger partial charge in [-0.15, -0.1) is 0 Å². The van der Waals surface area contributed by atoms with Crippen molar-refractivity contribution in [1.82, 2.24) is 0 Å². The van der Waals surface area contributed by atoms with Crippen molar-refractivity contribution < 1.29 is 43.6 Å². The van der Waals surface area contributed by atoms with E-state index in [1.54, 1.807) is 24.3 Å². The number of hydrogen-bond donors (Lipinski definition) is 0. The molecule has 3 rings (SSSR count). The predicted octanol–water partition coefficient (Wildman–Crippen LogP) is 0.865. The molecule has 0 N–H and O–H groups in total. The normalized spacial score (nSPS) is 10.9. The third-order valence-electron chi connectivity index (χ3n) is 3.15. The Labute approximate surface area is 153 Å². The Morgan fingerprint density at radius 1 is 0.818 bits per heavy atom. The van der Waals surface area contributed by atoms with Crippen molar-refractivity contribution in [1.29, 1.82) is 0 Å². The van der Waals surface area contributed by atoms with Crippen LogP contribution < -0.4 is 33.7 Å². The van der Waals surface area contributed by atoms with Crippen LogP contribution in [0.5, 0.6) is 5.75 Å². The summed E-state index contributed by atoms with van der Waals surface area (Å²) in [5.41, 5.74) is 0.706. The van der Waals surface area contributed by atoms with Gasteiger partial charge < -0.3 is 5.61 Å². The van der Waals surface area contributed by atoms with Crippen LogP contribution >= 0.6 is 0 Å². The van der Waals surface area contributed by atoms with Crippen LogP contribution in [0.4, 0.5) is 0 Å². The van der Waals surface area contributed by atoms with Crippen LogP contribution in [0.1, 0.15) is 6.99 Å². The maximum absolute atomic E-state index is 12.2. The van der Waals surface area contributed by atoms with E-state index in [0.717, 1.165) is 10.8 Å². The molecule has 0 saturated heterocycles. The average Bonchev–Trinajstić information content (AvgIpc) is 2.48. The molecule has 0 saturated carbocycles. The first-order chi connectivity index (χ1) is 10.1. The number of fused-ring (bicyclic) bond motifs is 1. The van der Waals surface area contributed by atoms with E-state index in [4.69, 9.17) is 4.18 Å². The maximum atomic E-state index is 12.2. The van der Waals surface area contributed by atoms with Gasteiger partial charge in [-0.05, 0) is 17.0 Å². The molecule has 0 spiro atoms. The number of hydrogen-bond acceptors (Lipinski definition) is 3. The zero-order chi connectivity index (χ0) is 14.7. The van der Waals surface area contributed by atoms with Crippen molar-refractivity contribution in [3.8, 4) is 5.75 Å². The van der Waals surface area contributed by atoms with Gasteiger partial charge >= 0.3 is 39.7 Å². The van der Waals surface area contributed by atoms with E-state index >= 15 is 0 Å². The fourth-order valence-corrected chi connectivity index (χ4v) is 3.29. The second-order valence-electron chi connectivity index (χ2n) is 4.75. The van der Waals surface area contributed by atoms with Crippen LogP contribution in [0, 0.1) is 0 Å². The smallest absolute Gasteiger partial charge is 1.00 e. The van der Waals surface area contributed by atoms with Gasteiger partial charge in [-0.3, -0.25) is 0 Å². The fourth-order valence-electron chi connectivity index (χ4n) is 2.21. The van der Waals surface area contributed by atoms with Gasteiger partial charge in [-0.25, -0.2) is 0 Å². The topological polar surface area (TPSA) is 43.4 Å². The molecular weight excluding hydrogens is 307 g/mol. The molecule has 0 amide bonds. The molecule has 3 aromatic rings. The monoisotopic (exact) mass is 322 g/mol. The SMILES string of the molecule is O=S(=O)(Cc1ccccc1)Oc1cccc2ccccc12.[H-].[Na+]. The van der Waals surface area contributed by atoms with Crippen LogP contribution in [0.25, 0.3) is 10.8 Å². The molecular formula is C17H15NaO3S. The Kier molecular flexibility index (Phi) is 5.64. The predicted molar refractivity (Wildman–Crippen MR) is 84.8 cm³/mol. The summed E-state index contributed by atoms with van der Waals surface area (Å²) in [4.78, 5) is 0. The minimum Gasteiger partial charge on any atom is -1.00 e. The molecule has 0 bridgehead atoms. The van der Waals surface area contributed by atoms with E-state index in [-0.39, 0.29) is 36.7 Å². The summed E-state index contributed by atoms with van der Waals surface area (Å²) >= 11 is 0. The van der Waals surface area contributed by atoms with Crippen LogP contribution in [-0.2, 0) is 15.9 Å². The van der Waals surface area contributed by atoms with Gasteiger partial charge in [0.05, 0.1) is 0 Å². The van der Waals surface area contributed by atoms with Crippen molar-refractivity contribution in [2.24, 2.45) is 0 Å².